The molecule has 0 amide bonds. The number of aliphatic hydroxyl groups is 3. The van der Waals surface area contributed by atoms with Crippen LogP contribution in [0.1, 0.15) is 47.0 Å². The molecular weight excluding hydrogens is 508 g/mol. The van der Waals surface area contributed by atoms with E-state index in [0.717, 1.165) is 5.57 Å². The van der Waals surface area contributed by atoms with Gasteiger partial charge >= 0.3 is 11.9 Å². The third kappa shape index (κ3) is 4.59. The molecule has 0 aromatic heterocycles. The van der Waals surface area contributed by atoms with Gasteiger partial charge in [0.15, 0.2) is 6.10 Å². The number of rotatable bonds is 1. The van der Waals surface area contributed by atoms with Crippen molar-refractivity contribution < 1.29 is 48.6 Å². The first-order valence-corrected chi connectivity index (χ1v) is 13.8. The topological polar surface area (TPSA) is 144 Å². The maximum absolute atomic E-state index is 13.1. The fraction of sp³-hybridized carbons (Fsp3) is 0.724. The van der Waals surface area contributed by atoms with Crippen LogP contribution < -0.4 is 0 Å². The lowest BCUT2D eigenvalue weighted by molar-refractivity contribution is -0.240. The van der Waals surface area contributed by atoms with E-state index in [1.807, 2.05) is 19.9 Å². The van der Waals surface area contributed by atoms with Gasteiger partial charge in [-0.25, -0.2) is 9.59 Å². The Morgan fingerprint density at radius 3 is 2.56 bits per heavy atom. The van der Waals surface area contributed by atoms with Crippen LogP contribution in [0.15, 0.2) is 36.0 Å². The second kappa shape index (κ2) is 10.4. The van der Waals surface area contributed by atoms with E-state index in [2.05, 4.69) is 0 Å². The number of ether oxygens (including phenoxy) is 5. The zero-order chi connectivity index (χ0) is 28.2. The van der Waals surface area contributed by atoms with E-state index in [-0.39, 0.29) is 25.7 Å². The maximum Gasteiger partial charge on any atom is 0.335 e. The summed E-state index contributed by atoms with van der Waals surface area (Å²) in [6, 6.07) is 0. The molecule has 2 bridgehead atoms. The van der Waals surface area contributed by atoms with Gasteiger partial charge in [0.2, 0.25) is 0 Å². The summed E-state index contributed by atoms with van der Waals surface area (Å²) >= 11 is 0. The minimum absolute atomic E-state index is 0.150. The van der Waals surface area contributed by atoms with E-state index in [4.69, 9.17) is 23.7 Å². The van der Waals surface area contributed by atoms with Gasteiger partial charge in [0.25, 0.3) is 0 Å². The largest absolute Gasteiger partial charge is 0.463 e. The van der Waals surface area contributed by atoms with E-state index in [1.165, 1.54) is 12.2 Å². The number of hydrogen-bond donors (Lipinski definition) is 3. The van der Waals surface area contributed by atoms with Gasteiger partial charge in [-0.2, -0.15) is 0 Å². The van der Waals surface area contributed by atoms with Gasteiger partial charge in [0.1, 0.15) is 24.4 Å². The lowest BCUT2D eigenvalue weighted by Gasteiger charge is -2.58. The fourth-order valence-corrected chi connectivity index (χ4v) is 7.05. The van der Waals surface area contributed by atoms with Crippen molar-refractivity contribution >= 4 is 11.9 Å². The third-order valence-corrected chi connectivity index (χ3v) is 9.83. The summed E-state index contributed by atoms with van der Waals surface area (Å²) in [5.74, 6) is -1.81. The first kappa shape index (κ1) is 28.4. The van der Waals surface area contributed by atoms with Crippen LogP contribution in [0, 0.1) is 16.7 Å². The van der Waals surface area contributed by atoms with Crippen molar-refractivity contribution in [2.45, 2.75) is 95.3 Å². The van der Waals surface area contributed by atoms with Crippen molar-refractivity contribution in [2.24, 2.45) is 16.7 Å². The molecule has 10 nitrogen and oxygen atoms in total. The van der Waals surface area contributed by atoms with Crippen molar-refractivity contribution in [3.63, 3.8) is 0 Å². The van der Waals surface area contributed by atoms with E-state index < -0.39 is 70.9 Å². The average Bonchev–Trinajstić information content (AvgIpc) is 3.67. The zero-order valence-corrected chi connectivity index (χ0v) is 22.9. The Morgan fingerprint density at radius 2 is 1.87 bits per heavy atom. The van der Waals surface area contributed by atoms with E-state index in [9.17, 15) is 24.9 Å². The van der Waals surface area contributed by atoms with Crippen LogP contribution in [0.25, 0.3) is 0 Å². The van der Waals surface area contributed by atoms with Crippen LogP contribution >= 0.6 is 0 Å². The molecule has 10 heteroatoms. The predicted octanol–water partition coefficient (Wildman–Crippen LogP) is 1.36. The molecule has 2 saturated heterocycles. The summed E-state index contributed by atoms with van der Waals surface area (Å²) in [6.07, 6.45) is 3.82. The normalized spacial score (nSPS) is 49.0. The standard InChI is InChI=1S/C29H40O10/c1-16-9-10-35-20(18(3)30)7-5-6-8-24(32)39-21-12-23-29(15-37-29)27(21,4)28(14-36-26(34)25(16)33)13-19(31)17(2)11-22(28)38-23/h5-8,11,16,18-23,25,30-31,33H,9-10,12-15H2,1-4H3/b7-5+,8-6-/t16-,18-,19-,20-,21-,22-,23-,25+,27-,28-,29+/m1/s1. The van der Waals surface area contributed by atoms with Crippen LogP contribution in [-0.2, 0) is 33.3 Å². The number of esters is 2. The molecule has 216 valence electrons. The molecular formula is C29H40O10. The molecule has 39 heavy (non-hydrogen) atoms. The number of epoxide rings is 1. The number of aliphatic hydroxyl groups excluding tert-OH is 3. The summed E-state index contributed by atoms with van der Waals surface area (Å²) < 4.78 is 30.2. The molecule has 11 atom stereocenters. The molecule has 3 aliphatic heterocycles. The summed E-state index contributed by atoms with van der Waals surface area (Å²) in [5.41, 5.74) is -1.79. The average molecular weight is 549 g/mol. The van der Waals surface area contributed by atoms with E-state index in [1.54, 1.807) is 26.0 Å². The first-order valence-electron chi connectivity index (χ1n) is 13.8. The molecule has 0 unspecified atom stereocenters. The first-order chi connectivity index (χ1) is 18.4. The van der Waals surface area contributed by atoms with Gasteiger partial charge in [0, 0.05) is 24.5 Å². The molecule has 0 aromatic carbocycles. The van der Waals surface area contributed by atoms with Crippen molar-refractivity contribution in [3.8, 4) is 0 Å². The predicted molar refractivity (Wildman–Crippen MR) is 137 cm³/mol. The number of carbonyl (C=O) groups is 2. The number of cyclic esters (lactones) is 1. The molecule has 0 radical (unpaired) electrons. The van der Waals surface area contributed by atoms with Gasteiger partial charge in [-0.1, -0.05) is 38.2 Å². The summed E-state index contributed by atoms with van der Waals surface area (Å²) in [5, 5.41) is 31.8. The molecule has 3 heterocycles. The Morgan fingerprint density at radius 1 is 1.13 bits per heavy atom. The van der Waals surface area contributed by atoms with Crippen molar-refractivity contribution in [1.29, 1.82) is 0 Å². The lowest BCUT2D eigenvalue weighted by Crippen LogP contribution is -2.68. The molecule has 1 saturated carbocycles. The van der Waals surface area contributed by atoms with Crippen molar-refractivity contribution in [1.82, 2.24) is 0 Å². The maximum atomic E-state index is 13.1. The number of carbonyl (C=O) groups excluding carboxylic acids is 2. The highest BCUT2D eigenvalue weighted by Crippen LogP contribution is 2.72. The van der Waals surface area contributed by atoms with Crippen LogP contribution in [0.2, 0.25) is 0 Å². The SMILES string of the molecule is CC1=C[C@H]2O[C@@H]3C[C@H]4OC(=O)/C=C\C=C\[C@H]([C@@H](C)O)OCC[C@@H](C)[C@H](O)C(=O)OC[C@@]2(C[C@H]1O)[C@]4(C)[C@]31CO1. The van der Waals surface area contributed by atoms with Crippen LogP contribution in [0.3, 0.4) is 0 Å². The second-order valence-corrected chi connectivity index (χ2v) is 12.0. The number of hydrogen-bond acceptors (Lipinski definition) is 10. The Kier molecular flexibility index (Phi) is 7.58. The summed E-state index contributed by atoms with van der Waals surface area (Å²) in [6.45, 7) is 7.58. The van der Waals surface area contributed by atoms with Gasteiger partial charge < -0.3 is 39.0 Å². The quantitative estimate of drug-likeness (QED) is 0.250. The highest BCUT2D eigenvalue weighted by Gasteiger charge is 2.83. The Hall–Kier alpha value is -2.08. The van der Waals surface area contributed by atoms with Gasteiger partial charge in [-0.15, -0.1) is 0 Å². The minimum atomic E-state index is -1.40. The smallest absolute Gasteiger partial charge is 0.335 e. The van der Waals surface area contributed by atoms with Crippen LogP contribution in [0.5, 0.6) is 0 Å². The fourth-order valence-electron chi connectivity index (χ4n) is 7.05. The lowest BCUT2D eigenvalue weighted by atomic mass is 9.51. The second-order valence-electron chi connectivity index (χ2n) is 12.0. The van der Waals surface area contributed by atoms with Gasteiger partial charge in [-0.05, 0) is 38.2 Å². The third-order valence-electron chi connectivity index (χ3n) is 9.83. The summed E-state index contributed by atoms with van der Waals surface area (Å²) in [4.78, 5) is 26.1. The molecule has 2 aliphatic carbocycles. The number of allylic oxidation sites excluding steroid dienone is 2. The molecule has 2 spiro atoms. The molecule has 5 rings (SSSR count). The monoisotopic (exact) mass is 548 g/mol. The van der Waals surface area contributed by atoms with Crippen molar-refractivity contribution in [3.05, 3.63) is 36.0 Å². The Bertz CT molecular complexity index is 1060. The summed E-state index contributed by atoms with van der Waals surface area (Å²) in [7, 11) is 0. The van der Waals surface area contributed by atoms with E-state index >= 15 is 0 Å². The highest BCUT2D eigenvalue weighted by atomic mass is 16.6. The minimum Gasteiger partial charge on any atom is -0.463 e. The molecule has 3 N–H and O–H groups in total. The molecule has 5 aliphatic rings. The van der Waals surface area contributed by atoms with E-state index in [0.29, 0.717) is 19.4 Å². The van der Waals surface area contributed by atoms with Gasteiger partial charge in [-0.3, -0.25) is 0 Å². The Balaban J connectivity index is 1.53. The zero-order valence-electron chi connectivity index (χ0n) is 22.9. The van der Waals surface area contributed by atoms with Crippen molar-refractivity contribution in [2.75, 3.05) is 19.8 Å². The molecule has 0 aromatic rings. The van der Waals surface area contributed by atoms with Crippen LogP contribution in [0.4, 0.5) is 0 Å². The molecule has 3 fully saturated rings. The highest BCUT2D eigenvalue weighted by molar-refractivity contribution is 5.82. The van der Waals surface area contributed by atoms with Crippen LogP contribution in [-0.4, -0.2) is 95.4 Å². The Labute approximate surface area is 228 Å². The van der Waals surface area contributed by atoms with Gasteiger partial charge in [0.05, 0.1) is 36.4 Å².